The first-order chi connectivity index (χ1) is 7.22. The number of hydrogen-bond donors (Lipinski definition) is 1. The van der Waals surface area contributed by atoms with Gasteiger partial charge in [0.25, 0.3) is 0 Å². The second kappa shape index (κ2) is 6.83. The molecule has 1 aliphatic heterocycles. The maximum Gasteiger partial charge on any atom is 0.305 e. The van der Waals surface area contributed by atoms with Crippen molar-refractivity contribution in [3.8, 4) is 0 Å². The zero-order valence-corrected chi connectivity index (χ0v) is 9.58. The second-order valence-corrected chi connectivity index (χ2v) is 4.40. The molecular formula is C12H22O3. The van der Waals surface area contributed by atoms with Crippen LogP contribution in [-0.4, -0.2) is 23.3 Å². The van der Waals surface area contributed by atoms with Gasteiger partial charge >= 0.3 is 5.97 Å². The Morgan fingerprint density at radius 3 is 2.67 bits per heavy atom. The number of hydrogen-bond acceptors (Lipinski definition) is 2. The van der Waals surface area contributed by atoms with Gasteiger partial charge < -0.3 is 9.84 Å². The van der Waals surface area contributed by atoms with E-state index < -0.39 is 5.97 Å². The summed E-state index contributed by atoms with van der Waals surface area (Å²) in [5.74, 6) is -0.744. The van der Waals surface area contributed by atoms with Crippen molar-refractivity contribution >= 4 is 5.97 Å². The minimum atomic E-state index is -0.744. The van der Waals surface area contributed by atoms with Crippen molar-refractivity contribution in [1.82, 2.24) is 0 Å². The fourth-order valence-electron chi connectivity index (χ4n) is 2.14. The summed E-state index contributed by atoms with van der Waals surface area (Å²) in [6, 6.07) is 0. The molecule has 0 spiro atoms. The highest BCUT2D eigenvalue weighted by Crippen LogP contribution is 2.25. The molecule has 0 aromatic heterocycles. The van der Waals surface area contributed by atoms with Crippen molar-refractivity contribution in [2.24, 2.45) is 0 Å². The molecule has 2 unspecified atom stereocenters. The summed E-state index contributed by atoms with van der Waals surface area (Å²) in [5.41, 5.74) is 0. The highest BCUT2D eigenvalue weighted by atomic mass is 16.5. The van der Waals surface area contributed by atoms with Crippen LogP contribution >= 0.6 is 0 Å². The molecule has 1 N–H and O–H groups in total. The standard InChI is InChI=1S/C12H22O3/c1-2-3-4-5-6-10-7-8-11(15-10)9-12(13)14/h10-11H,2-9H2,1H3,(H,13,14). The minimum Gasteiger partial charge on any atom is -0.481 e. The van der Waals surface area contributed by atoms with E-state index in [0.717, 1.165) is 19.3 Å². The fourth-order valence-corrected chi connectivity index (χ4v) is 2.14. The number of carboxylic acid groups (broad SMARTS) is 1. The van der Waals surface area contributed by atoms with Gasteiger partial charge in [-0.2, -0.15) is 0 Å². The predicted octanol–water partition coefficient (Wildman–Crippen LogP) is 2.98. The van der Waals surface area contributed by atoms with Gasteiger partial charge in [-0.3, -0.25) is 4.79 Å². The van der Waals surface area contributed by atoms with Crippen LogP contribution in [0.4, 0.5) is 0 Å². The molecule has 88 valence electrons. The number of unbranched alkanes of at least 4 members (excludes halogenated alkanes) is 3. The number of carboxylic acids is 1. The molecule has 1 heterocycles. The van der Waals surface area contributed by atoms with Crippen molar-refractivity contribution < 1.29 is 14.6 Å². The van der Waals surface area contributed by atoms with Crippen LogP contribution < -0.4 is 0 Å². The van der Waals surface area contributed by atoms with Gasteiger partial charge in [0.1, 0.15) is 0 Å². The third-order valence-corrected chi connectivity index (χ3v) is 2.98. The Labute approximate surface area is 91.8 Å². The molecular weight excluding hydrogens is 192 g/mol. The smallest absolute Gasteiger partial charge is 0.305 e. The normalized spacial score (nSPS) is 25.7. The van der Waals surface area contributed by atoms with E-state index in [-0.39, 0.29) is 12.5 Å². The monoisotopic (exact) mass is 214 g/mol. The van der Waals surface area contributed by atoms with E-state index in [4.69, 9.17) is 9.84 Å². The van der Waals surface area contributed by atoms with Crippen LogP contribution in [0.5, 0.6) is 0 Å². The van der Waals surface area contributed by atoms with Gasteiger partial charge in [0, 0.05) is 0 Å². The molecule has 0 aliphatic carbocycles. The minimum absolute atomic E-state index is 0.0290. The van der Waals surface area contributed by atoms with Gasteiger partial charge in [-0.15, -0.1) is 0 Å². The van der Waals surface area contributed by atoms with E-state index >= 15 is 0 Å². The van der Waals surface area contributed by atoms with Crippen LogP contribution in [0.3, 0.4) is 0 Å². The summed E-state index contributed by atoms with van der Waals surface area (Å²) in [6.07, 6.45) is 8.59. The summed E-state index contributed by atoms with van der Waals surface area (Å²) >= 11 is 0. The molecule has 3 heteroatoms. The van der Waals surface area contributed by atoms with E-state index in [1.54, 1.807) is 0 Å². The summed E-state index contributed by atoms with van der Waals surface area (Å²) < 4.78 is 5.67. The summed E-state index contributed by atoms with van der Waals surface area (Å²) in [6.45, 7) is 2.20. The Bertz CT molecular complexity index is 191. The molecule has 1 rings (SSSR count). The second-order valence-electron chi connectivity index (χ2n) is 4.40. The molecule has 1 aliphatic rings. The Morgan fingerprint density at radius 2 is 2.00 bits per heavy atom. The van der Waals surface area contributed by atoms with Crippen LogP contribution in [-0.2, 0) is 9.53 Å². The Kier molecular flexibility index (Phi) is 5.69. The first kappa shape index (κ1) is 12.5. The first-order valence-corrected chi connectivity index (χ1v) is 6.09. The maximum absolute atomic E-state index is 10.5. The lowest BCUT2D eigenvalue weighted by Crippen LogP contribution is -2.14. The van der Waals surface area contributed by atoms with Crippen molar-refractivity contribution in [1.29, 1.82) is 0 Å². The van der Waals surface area contributed by atoms with E-state index in [2.05, 4.69) is 6.92 Å². The average molecular weight is 214 g/mol. The molecule has 3 nitrogen and oxygen atoms in total. The van der Waals surface area contributed by atoms with Gasteiger partial charge in [-0.05, 0) is 19.3 Å². The van der Waals surface area contributed by atoms with Gasteiger partial charge in [0.15, 0.2) is 0 Å². The predicted molar refractivity (Wildman–Crippen MR) is 58.9 cm³/mol. The van der Waals surface area contributed by atoms with Crippen LogP contribution in [0.2, 0.25) is 0 Å². The van der Waals surface area contributed by atoms with Gasteiger partial charge in [-0.1, -0.05) is 32.6 Å². The molecule has 15 heavy (non-hydrogen) atoms. The lowest BCUT2D eigenvalue weighted by Gasteiger charge is -2.11. The third kappa shape index (κ3) is 5.17. The quantitative estimate of drug-likeness (QED) is 0.663. The SMILES string of the molecule is CCCCCCC1CCC(CC(=O)O)O1. The third-order valence-electron chi connectivity index (χ3n) is 2.98. The highest BCUT2D eigenvalue weighted by Gasteiger charge is 2.26. The largest absolute Gasteiger partial charge is 0.481 e. The summed E-state index contributed by atoms with van der Waals surface area (Å²) in [4.78, 5) is 10.5. The van der Waals surface area contributed by atoms with Crippen LogP contribution in [0.15, 0.2) is 0 Å². The number of aliphatic carboxylic acids is 1. The zero-order valence-electron chi connectivity index (χ0n) is 9.58. The van der Waals surface area contributed by atoms with Crippen molar-refractivity contribution in [3.63, 3.8) is 0 Å². The van der Waals surface area contributed by atoms with Crippen molar-refractivity contribution in [2.45, 2.75) is 70.5 Å². The number of ether oxygens (including phenoxy) is 1. The maximum atomic E-state index is 10.5. The highest BCUT2D eigenvalue weighted by molar-refractivity contribution is 5.67. The van der Waals surface area contributed by atoms with Gasteiger partial charge in [-0.25, -0.2) is 0 Å². The van der Waals surface area contributed by atoms with E-state index in [1.165, 1.54) is 25.7 Å². The molecule has 0 aromatic carbocycles. The molecule has 1 saturated heterocycles. The van der Waals surface area contributed by atoms with Crippen LogP contribution in [0, 0.1) is 0 Å². The van der Waals surface area contributed by atoms with Crippen LogP contribution in [0.1, 0.15) is 58.3 Å². The molecule has 0 amide bonds. The van der Waals surface area contributed by atoms with E-state index in [9.17, 15) is 4.79 Å². The molecule has 0 radical (unpaired) electrons. The number of carbonyl (C=O) groups is 1. The fraction of sp³-hybridized carbons (Fsp3) is 0.917. The average Bonchev–Trinajstić information content (AvgIpc) is 2.59. The van der Waals surface area contributed by atoms with Gasteiger partial charge in [0.05, 0.1) is 18.6 Å². The summed E-state index contributed by atoms with van der Waals surface area (Å²) in [5, 5.41) is 8.63. The molecule has 0 saturated carbocycles. The van der Waals surface area contributed by atoms with Crippen LogP contribution in [0.25, 0.3) is 0 Å². The molecule has 0 aromatic rings. The van der Waals surface area contributed by atoms with E-state index in [1.807, 2.05) is 0 Å². The molecule has 0 bridgehead atoms. The topological polar surface area (TPSA) is 46.5 Å². The Hall–Kier alpha value is -0.570. The first-order valence-electron chi connectivity index (χ1n) is 6.09. The molecule has 2 atom stereocenters. The number of rotatable bonds is 7. The lowest BCUT2D eigenvalue weighted by atomic mass is 10.1. The van der Waals surface area contributed by atoms with Gasteiger partial charge in [0.2, 0.25) is 0 Å². The zero-order chi connectivity index (χ0) is 11.1. The lowest BCUT2D eigenvalue weighted by molar-refractivity contribution is -0.139. The van der Waals surface area contributed by atoms with Crippen molar-refractivity contribution in [2.75, 3.05) is 0 Å². The van der Waals surface area contributed by atoms with Crippen molar-refractivity contribution in [3.05, 3.63) is 0 Å². The summed E-state index contributed by atoms with van der Waals surface area (Å²) in [7, 11) is 0. The molecule has 1 fully saturated rings. The Balaban J connectivity index is 2.05. The Morgan fingerprint density at radius 1 is 1.27 bits per heavy atom. The van der Waals surface area contributed by atoms with E-state index in [0.29, 0.717) is 6.10 Å².